The first-order valence-electron chi connectivity index (χ1n) is 4.60. The van der Waals surface area contributed by atoms with E-state index in [-0.39, 0.29) is 18.2 Å². The molecule has 1 fully saturated rings. The minimum Gasteiger partial charge on any atom is -0.506 e. The van der Waals surface area contributed by atoms with Gasteiger partial charge in [0.15, 0.2) is 0 Å². The first kappa shape index (κ1) is 13.3. The molecule has 0 amide bonds. The Morgan fingerprint density at radius 3 is 2.33 bits per heavy atom. The topological polar surface area (TPSA) is 32.3 Å². The largest absolute Gasteiger partial charge is 0.506 e. The number of hydrogen-bond acceptors (Lipinski definition) is 2. The first-order valence-corrected chi connectivity index (χ1v) is 6.18. The van der Waals surface area contributed by atoms with Gasteiger partial charge in [-0.05, 0) is 68.9 Å². The maximum Gasteiger partial charge on any atom is 0.143 e. The molecule has 2 nitrogen and oxygen atoms in total. The number of rotatable bonds is 1. The van der Waals surface area contributed by atoms with Gasteiger partial charge in [0.05, 0.1) is 8.95 Å². The Bertz CT molecular complexity index is 330. The van der Waals surface area contributed by atoms with Crippen LogP contribution in [0.4, 0.5) is 0 Å². The monoisotopic (exact) mass is 355 g/mol. The van der Waals surface area contributed by atoms with Crippen molar-refractivity contribution < 1.29 is 5.11 Å². The Balaban J connectivity index is 0.00000112. The highest BCUT2D eigenvalue weighted by Crippen LogP contribution is 2.36. The molecule has 1 heterocycles. The number of phenolic OH excluding ortho intramolecular Hbond substituents is 1. The highest BCUT2D eigenvalue weighted by atomic mass is 79.9. The summed E-state index contributed by atoms with van der Waals surface area (Å²) in [5.41, 5.74) is 1.22. The molecule has 1 saturated heterocycles. The number of hydrogen-bond donors (Lipinski definition) is 2. The third kappa shape index (κ3) is 2.87. The van der Waals surface area contributed by atoms with Gasteiger partial charge < -0.3 is 10.4 Å². The van der Waals surface area contributed by atoms with E-state index < -0.39 is 0 Å². The van der Waals surface area contributed by atoms with Crippen molar-refractivity contribution in [3.05, 3.63) is 26.6 Å². The summed E-state index contributed by atoms with van der Waals surface area (Å²) in [6, 6.07) is 4.38. The van der Waals surface area contributed by atoms with E-state index in [0.29, 0.717) is 6.04 Å². The summed E-state index contributed by atoms with van der Waals surface area (Å²) >= 11 is 6.67. The van der Waals surface area contributed by atoms with E-state index in [2.05, 4.69) is 37.2 Å². The molecule has 0 unspecified atom stereocenters. The molecule has 1 aliphatic heterocycles. The molecule has 1 aliphatic rings. The lowest BCUT2D eigenvalue weighted by molar-refractivity contribution is 0.467. The van der Waals surface area contributed by atoms with E-state index >= 15 is 0 Å². The Kier molecular flexibility index (Phi) is 4.90. The average Bonchev–Trinajstić information content (AvgIpc) is 2.66. The highest BCUT2D eigenvalue weighted by Gasteiger charge is 2.18. The molecule has 0 aliphatic carbocycles. The number of nitrogens with one attached hydrogen (secondary N) is 1. The van der Waals surface area contributed by atoms with E-state index in [0.717, 1.165) is 15.5 Å². The van der Waals surface area contributed by atoms with Gasteiger partial charge in [-0.15, -0.1) is 12.4 Å². The second-order valence-corrected chi connectivity index (χ2v) is 5.19. The van der Waals surface area contributed by atoms with E-state index in [1.807, 2.05) is 12.1 Å². The molecule has 15 heavy (non-hydrogen) atoms. The first-order chi connectivity index (χ1) is 6.68. The molecule has 0 radical (unpaired) electrons. The summed E-state index contributed by atoms with van der Waals surface area (Å²) in [4.78, 5) is 0. The zero-order valence-corrected chi connectivity index (χ0v) is 12.0. The van der Waals surface area contributed by atoms with Crippen LogP contribution in [0.5, 0.6) is 5.75 Å². The van der Waals surface area contributed by atoms with Crippen LogP contribution in [0.15, 0.2) is 21.1 Å². The molecule has 0 aromatic heterocycles. The number of aromatic hydroxyl groups is 1. The van der Waals surface area contributed by atoms with Crippen LogP contribution in [0.1, 0.15) is 24.4 Å². The molecular formula is C10H12Br2ClNO. The van der Waals surface area contributed by atoms with E-state index in [1.165, 1.54) is 18.4 Å². The standard InChI is InChI=1S/C10H11Br2NO.ClH/c11-7-4-6(5-8(12)10(7)14)9-2-1-3-13-9;/h4-5,9,13-14H,1-3H2;1H/t9-;/m1./s1. The average molecular weight is 357 g/mol. The van der Waals surface area contributed by atoms with Crippen LogP contribution in [0.2, 0.25) is 0 Å². The Labute approximate surface area is 112 Å². The van der Waals surface area contributed by atoms with Crippen LogP contribution in [0.3, 0.4) is 0 Å². The predicted molar refractivity (Wildman–Crippen MR) is 70.7 cm³/mol. The Morgan fingerprint density at radius 2 is 1.87 bits per heavy atom. The van der Waals surface area contributed by atoms with Crippen molar-refractivity contribution in [1.82, 2.24) is 5.32 Å². The fraction of sp³-hybridized carbons (Fsp3) is 0.400. The molecule has 0 saturated carbocycles. The molecule has 1 aromatic carbocycles. The Hall–Kier alpha value is 0.230. The molecule has 1 atom stereocenters. The lowest BCUT2D eigenvalue weighted by atomic mass is 10.1. The summed E-state index contributed by atoms with van der Waals surface area (Å²) in [6.07, 6.45) is 2.39. The van der Waals surface area contributed by atoms with E-state index in [1.54, 1.807) is 0 Å². The zero-order valence-electron chi connectivity index (χ0n) is 7.96. The van der Waals surface area contributed by atoms with E-state index in [4.69, 9.17) is 0 Å². The molecule has 0 bridgehead atoms. The van der Waals surface area contributed by atoms with Gasteiger partial charge in [-0.25, -0.2) is 0 Å². The zero-order chi connectivity index (χ0) is 10.1. The second-order valence-electron chi connectivity index (χ2n) is 3.48. The number of phenols is 1. The summed E-state index contributed by atoms with van der Waals surface area (Å²) in [5.74, 6) is 0.270. The van der Waals surface area contributed by atoms with Gasteiger partial charge in [-0.1, -0.05) is 0 Å². The van der Waals surface area contributed by atoms with Crippen molar-refractivity contribution in [1.29, 1.82) is 0 Å². The van der Waals surface area contributed by atoms with Crippen molar-refractivity contribution in [3.8, 4) is 5.75 Å². The van der Waals surface area contributed by atoms with Gasteiger partial charge in [0.2, 0.25) is 0 Å². The summed E-state index contributed by atoms with van der Waals surface area (Å²) in [6.45, 7) is 1.08. The fourth-order valence-corrected chi connectivity index (χ4v) is 2.98. The van der Waals surface area contributed by atoms with Crippen molar-refractivity contribution in [2.24, 2.45) is 0 Å². The SMILES string of the molecule is Cl.Oc1c(Br)cc([C@H]2CCCN2)cc1Br. The fourth-order valence-electron chi connectivity index (χ4n) is 1.76. The lowest BCUT2D eigenvalue weighted by Crippen LogP contribution is -2.12. The molecule has 84 valence electrons. The van der Waals surface area contributed by atoms with Crippen molar-refractivity contribution in [2.45, 2.75) is 18.9 Å². The summed E-state index contributed by atoms with van der Waals surface area (Å²) < 4.78 is 1.49. The quantitative estimate of drug-likeness (QED) is 0.802. The number of benzene rings is 1. The van der Waals surface area contributed by atoms with Gasteiger partial charge in [0, 0.05) is 6.04 Å². The minimum absolute atomic E-state index is 0. The maximum absolute atomic E-state index is 9.56. The molecule has 5 heteroatoms. The summed E-state index contributed by atoms with van der Waals surface area (Å²) in [7, 11) is 0. The molecule has 2 rings (SSSR count). The van der Waals surface area contributed by atoms with Crippen LogP contribution in [0, 0.1) is 0 Å². The van der Waals surface area contributed by atoms with Gasteiger partial charge in [0.1, 0.15) is 5.75 Å². The number of halogens is 3. The van der Waals surface area contributed by atoms with Crippen molar-refractivity contribution in [3.63, 3.8) is 0 Å². The van der Waals surface area contributed by atoms with Crippen LogP contribution < -0.4 is 5.32 Å². The second kappa shape index (κ2) is 5.53. The van der Waals surface area contributed by atoms with Crippen LogP contribution in [-0.4, -0.2) is 11.7 Å². The predicted octanol–water partition coefficient (Wildman–Crippen LogP) is 3.76. The highest BCUT2D eigenvalue weighted by molar-refractivity contribution is 9.11. The Morgan fingerprint density at radius 1 is 1.27 bits per heavy atom. The third-order valence-electron chi connectivity index (χ3n) is 2.50. The maximum atomic E-state index is 9.56. The summed E-state index contributed by atoms with van der Waals surface area (Å²) in [5, 5.41) is 13.0. The molecular weight excluding hydrogens is 345 g/mol. The van der Waals surface area contributed by atoms with E-state index in [9.17, 15) is 5.11 Å². The van der Waals surface area contributed by atoms with Crippen LogP contribution in [0.25, 0.3) is 0 Å². The normalized spacial score (nSPS) is 20.0. The van der Waals surface area contributed by atoms with Crippen molar-refractivity contribution in [2.75, 3.05) is 6.54 Å². The molecule has 1 aromatic rings. The van der Waals surface area contributed by atoms with Crippen LogP contribution >= 0.6 is 44.3 Å². The van der Waals surface area contributed by atoms with Gasteiger partial charge >= 0.3 is 0 Å². The van der Waals surface area contributed by atoms with Gasteiger partial charge in [-0.3, -0.25) is 0 Å². The molecule has 0 spiro atoms. The van der Waals surface area contributed by atoms with Crippen molar-refractivity contribution >= 4 is 44.3 Å². The van der Waals surface area contributed by atoms with Gasteiger partial charge in [0.25, 0.3) is 0 Å². The smallest absolute Gasteiger partial charge is 0.143 e. The van der Waals surface area contributed by atoms with Crippen LogP contribution in [-0.2, 0) is 0 Å². The minimum atomic E-state index is 0. The third-order valence-corrected chi connectivity index (χ3v) is 3.71. The molecule has 2 N–H and O–H groups in total. The lowest BCUT2D eigenvalue weighted by Gasteiger charge is -2.12. The van der Waals surface area contributed by atoms with Gasteiger partial charge in [-0.2, -0.15) is 0 Å².